The lowest BCUT2D eigenvalue weighted by atomic mass is 10.2. The molecule has 1 aromatic carbocycles. The van der Waals surface area contributed by atoms with Crippen molar-refractivity contribution in [2.24, 2.45) is 0 Å². The van der Waals surface area contributed by atoms with Crippen LogP contribution in [0, 0.1) is 0 Å². The third kappa shape index (κ3) is 4.66. The van der Waals surface area contributed by atoms with E-state index in [-0.39, 0.29) is 24.3 Å². The Kier molecular flexibility index (Phi) is 5.66. The van der Waals surface area contributed by atoms with Gasteiger partial charge in [0.2, 0.25) is 5.91 Å². The summed E-state index contributed by atoms with van der Waals surface area (Å²) in [4.78, 5) is 28.1. The summed E-state index contributed by atoms with van der Waals surface area (Å²) in [6, 6.07) is 9.10. The lowest BCUT2D eigenvalue weighted by molar-refractivity contribution is -0.121. The highest BCUT2D eigenvalue weighted by molar-refractivity contribution is 7.14. The van der Waals surface area contributed by atoms with E-state index < -0.39 is 0 Å². The smallest absolute Gasteiger partial charge is 0.257 e. The minimum absolute atomic E-state index is 0.0550. The Morgan fingerprint density at radius 3 is 2.68 bits per heavy atom. The van der Waals surface area contributed by atoms with Gasteiger partial charge in [0.15, 0.2) is 5.13 Å². The number of benzene rings is 1. The van der Waals surface area contributed by atoms with Gasteiger partial charge in [0, 0.05) is 17.0 Å². The first-order chi connectivity index (χ1) is 10.6. The number of rotatable bonds is 6. The van der Waals surface area contributed by atoms with Gasteiger partial charge in [-0.25, -0.2) is 4.98 Å². The van der Waals surface area contributed by atoms with E-state index in [2.05, 4.69) is 15.6 Å². The van der Waals surface area contributed by atoms with Crippen molar-refractivity contribution in [2.75, 3.05) is 5.32 Å². The molecule has 0 aliphatic heterocycles. The van der Waals surface area contributed by atoms with Gasteiger partial charge in [-0.05, 0) is 25.5 Å². The maximum atomic E-state index is 12.0. The summed E-state index contributed by atoms with van der Waals surface area (Å²) >= 11 is 1.32. The molecule has 0 saturated carbocycles. The van der Waals surface area contributed by atoms with Crippen molar-refractivity contribution < 1.29 is 9.59 Å². The molecule has 2 rings (SSSR count). The number of aromatic nitrogens is 1. The average molecular weight is 317 g/mol. The van der Waals surface area contributed by atoms with Crippen LogP contribution in [-0.2, 0) is 11.2 Å². The van der Waals surface area contributed by atoms with Gasteiger partial charge in [-0.1, -0.05) is 25.1 Å². The van der Waals surface area contributed by atoms with Gasteiger partial charge < -0.3 is 5.32 Å². The molecule has 6 heteroatoms. The third-order valence-corrected chi connectivity index (χ3v) is 3.98. The standard InChI is InChI=1S/C16H19N3O2S/c1-3-11(2)17-14(20)9-13-10-22-16(18-13)19-15(21)12-7-5-4-6-8-12/h4-8,10-11H,3,9H2,1-2H3,(H,17,20)(H,18,19,21). The predicted octanol–water partition coefficient (Wildman–Crippen LogP) is 2.85. The van der Waals surface area contributed by atoms with Crippen molar-refractivity contribution in [2.45, 2.75) is 32.7 Å². The second-order valence-corrected chi connectivity index (χ2v) is 5.88. The minimum atomic E-state index is -0.203. The molecule has 0 spiro atoms. The van der Waals surface area contributed by atoms with Gasteiger partial charge in [-0.15, -0.1) is 11.3 Å². The fourth-order valence-electron chi connectivity index (χ4n) is 1.80. The lowest BCUT2D eigenvalue weighted by Crippen LogP contribution is -2.33. The summed E-state index contributed by atoms with van der Waals surface area (Å²) in [7, 11) is 0. The van der Waals surface area contributed by atoms with Gasteiger partial charge in [-0.2, -0.15) is 0 Å². The number of hydrogen-bond donors (Lipinski definition) is 2. The van der Waals surface area contributed by atoms with Gasteiger partial charge >= 0.3 is 0 Å². The van der Waals surface area contributed by atoms with E-state index in [1.807, 2.05) is 19.9 Å². The normalized spacial score (nSPS) is 11.7. The van der Waals surface area contributed by atoms with Gasteiger partial charge in [0.25, 0.3) is 5.91 Å². The summed E-state index contributed by atoms with van der Waals surface area (Å²) < 4.78 is 0. The quantitative estimate of drug-likeness (QED) is 0.860. The fraction of sp³-hybridized carbons (Fsp3) is 0.312. The molecule has 116 valence electrons. The molecule has 2 N–H and O–H groups in total. The lowest BCUT2D eigenvalue weighted by Gasteiger charge is -2.10. The fourth-order valence-corrected chi connectivity index (χ4v) is 2.50. The zero-order valence-electron chi connectivity index (χ0n) is 12.6. The van der Waals surface area contributed by atoms with Crippen molar-refractivity contribution in [1.29, 1.82) is 0 Å². The Labute approximate surface area is 133 Å². The van der Waals surface area contributed by atoms with E-state index in [4.69, 9.17) is 0 Å². The Balaban J connectivity index is 1.91. The van der Waals surface area contributed by atoms with E-state index in [0.29, 0.717) is 16.4 Å². The summed E-state index contributed by atoms with van der Waals surface area (Å²) in [5.74, 6) is -0.258. The maximum Gasteiger partial charge on any atom is 0.257 e. The van der Waals surface area contributed by atoms with E-state index in [9.17, 15) is 9.59 Å². The molecule has 0 radical (unpaired) electrons. The highest BCUT2D eigenvalue weighted by atomic mass is 32.1. The number of carbonyl (C=O) groups is 2. The number of thiazole rings is 1. The second-order valence-electron chi connectivity index (χ2n) is 5.02. The molecule has 0 aliphatic carbocycles. The largest absolute Gasteiger partial charge is 0.353 e. The third-order valence-electron chi connectivity index (χ3n) is 3.17. The Hall–Kier alpha value is -2.21. The number of nitrogens with one attached hydrogen (secondary N) is 2. The summed E-state index contributed by atoms with van der Waals surface area (Å²) in [6.45, 7) is 3.98. The SMILES string of the molecule is CCC(C)NC(=O)Cc1csc(NC(=O)c2ccccc2)n1. The summed E-state index contributed by atoms with van der Waals surface area (Å²) in [5.41, 5.74) is 1.24. The molecule has 1 aromatic heterocycles. The van der Waals surface area contributed by atoms with Gasteiger partial charge in [0.1, 0.15) is 0 Å². The Morgan fingerprint density at radius 2 is 2.00 bits per heavy atom. The van der Waals surface area contributed by atoms with Gasteiger partial charge in [0.05, 0.1) is 12.1 Å². The molecule has 0 aliphatic rings. The van der Waals surface area contributed by atoms with Crippen molar-refractivity contribution in [3.63, 3.8) is 0 Å². The van der Waals surface area contributed by atoms with Gasteiger partial charge in [-0.3, -0.25) is 14.9 Å². The zero-order valence-corrected chi connectivity index (χ0v) is 13.4. The monoisotopic (exact) mass is 317 g/mol. The van der Waals surface area contributed by atoms with Crippen LogP contribution in [-0.4, -0.2) is 22.8 Å². The van der Waals surface area contributed by atoms with Crippen LogP contribution in [0.4, 0.5) is 5.13 Å². The topological polar surface area (TPSA) is 71.1 Å². The number of carbonyl (C=O) groups excluding carboxylic acids is 2. The Morgan fingerprint density at radius 1 is 1.27 bits per heavy atom. The first-order valence-electron chi connectivity index (χ1n) is 7.18. The molecule has 1 heterocycles. The van der Waals surface area contributed by atoms with Crippen LogP contribution in [0.3, 0.4) is 0 Å². The number of amides is 2. The molecular weight excluding hydrogens is 298 g/mol. The van der Waals surface area contributed by atoms with E-state index in [1.54, 1.807) is 29.6 Å². The molecule has 22 heavy (non-hydrogen) atoms. The molecule has 0 bridgehead atoms. The molecule has 0 saturated heterocycles. The van der Waals surface area contributed by atoms with Crippen molar-refractivity contribution in [3.8, 4) is 0 Å². The van der Waals surface area contributed by atoms with Crippen LogP contribution < -0.4 is 10.6 Å². The van der Waals surface area contributed by atoms with E-state index in [1.165, 1.54) is 11.3 Å². The molecule has 1 unspecified atom stereocenters. The van der Waals surface area contributed by atoms with Crippen molar-refractivity contribution in [1.82, 2.24) is 10.3 Å². The van der Waals surface area contributed by atoms with Crippen LogP contribution in [0.5, 0.6) is 0 Å². The first-order valence-corrected chi connectivity index (χ1v) is 8.06. The van der Waals surface area contributed by atoms with E-state index >= 15 is 0 Å². The second kappa shape index (κ2) is 7.70. The first kappa shape index (κ1) is 16.2. The van der Waals surface area contributed by atoms with Crippen LogP contribution in [0.15, 0.2) is 35.7 Å². The van der Waals surface area contributed by atoms with Crippen molar-refractivity contribution in [3.05, 3.63) is 47.0 Å². The highest BCUT2D eigenvalue weighted by Gasteiger charge is 2.12. The highest BCUT2D eigenvalue weighted by Crippen LogP contribution is 2.17. The number of anilines is 1. The molecule has 2 aromatic rings. The summed E-state index contributed by atoms with van der Waals surface area (Å²) in [5, 5.41) is 7.92. The minimum Gasteiger partial charge on any atom is -0.353 e. The number of hydrogen-bond acceptors (Lipinski definition) is 4. The Bertz CT molecular complexity index is 640. The number of nitrogens with zero attached hydrogens (tertiary/aromatic N) is 1. The van der Waals surface area contributed by atoms with Crippen LogP contribution >= 0.6 is 11.3 Å². The van der Waals surface area contributed by atoms with Crippen LogP contribution in [0.25, 0.3) is 0 Å². The predicted molar refractivity (Wildman–Crippen MR) is 88.1 cm³/mol. The molecule has 5 nitrogen and oxygen atoms in total. The maximum absolute atomic E-state index is 12.0. The molecule has 1 atom stereocenters. The molecule has 0 fully saturated rings. The summed E-state index contributed by atoms with van der Waals surface area (Å²) in [6.07, 6.45) is 1.11. The van der Waals surface area contributed by atoms with Crippen molar-refractivity contribution >= 4 is 28.3 Å². The average Bonchev–Trinajstić information content (AvgIpc) is 2.94. The van der Waals surface area contributed by atoms with Crippen LogP contribution in [0.2, 0.25) is 0 Å². The zero-order chi connectivity index (χ0) is 15.9. The van der Waals surface area contributed by atoms with Crippen LogP contribution in [0.1, 0.15) is 36.3 Å². The van der Waals surface area contributed by atoms with E-state index in [0.717, 1.165) is 6.42 Å². The molecule has 2 amide bonds. The molecular formula is C16H19N3O2S.